The summed E-state index contributed by atoms with van der Waals surface area (Å²) in [5, 5.41) is 5.71. The van der Waals surface area contributed by atoms with Crippen LogP contribution >= 0.6 is 0 Å². The monoisotopic (exact) mass is 369 g/mol. The number of hydrogen-bond donors (Lipinski definition) is 0. The first-order chi connectivity index (χ1) is 13.8. The molecule has 1 aliphatic rings. The average Bonchev–Trinajstić information content (AvgIpc) is 2.72. The molecule has 0 radical (unpaired) electrons. The molecule has 5 rings (SSSR count). The first-order valence-corrected chi connectivity index (χ1v) is 9.35. The van der Waals surface area contributed by atoms with E-state index in [1.165, 1.54) is 5.69 Å². The minimum absolute atomic E-state index is 0.0690. The maximum absolute atomic E-state index is 12.3. The zero-order valence-electron chi connectivity index (χ0n) is 15.3. The van der Waals surface area contributed by atoms with E-state index in [1.807, 2.05) is 36.5 Å². The molecule has 0 aliphatic carbocycles. The Kier molecular flexibility index (Phi) is 4.09. The SMILES string of the molecule is O=c1ccc(-c2cccnc2)nn1CC1CN(c2ccnc3ccccc23)C1. The van der Waals surface area contributed by atoms with Gasteiger partial charge in [-0.25, -0.2) is 4.68 Å². The Hall–Kier alpha value is -3.54. The summed E-state index contributed by atoms with van der Waals surface area (Å²) >= 11 is 0. The van der Waals surface area contributed by atoms with Gasteiger partial charge < -0.3 is 4.90 Å². The fraction of sp³-hybridized carbons (Fsp3) is 0.182. The molecule has 4 aromatic rings. The summed E-state index contributed by atoms with van der Waals surface area (Å²) < 4.78 is 1.58. The largest absolute Gasteiger partial charge is 0.370 e. The van der Waals surface area contributed by atoms with Crippen LogP contribution in [-0.4, -0.2) is 32.8 Å². The zero-order valence-corrected chi connectivity index (χ0v) is 15.3. The molecule has 4 heterocycles. The van der Waals surface area contributed by atoms with E-state index in [1.54, 1.807) is 29.2 Å². The zero-order chi connectivity index (χ0) is 18.9. The second-order valence-corrected chi connectivity index (χ2v) is 7.10. The van der Waals surface area contributed by atoms with Crippen LogP contribution < -0.4 is 10.5 Å². The highest BCUT2D eigenvalue weighted by Gasteiger charge is 2.28. The Bertz CT molecular complexity index is 1180. The van der Waals surface area contributed by atoms with E-state index in [4.69, 9.17) is 0 Å². The molecule has 3 aromatic heterocycles. The van der Waals surface area contributed by atoms with E-state index >= 15 is 0 Å². The van der Waals surface area contributed by atoms with Gasteiger partial charge in [-0.05, 0) is 30.3 Å². The van der Waals surface area contributed by atoms with Gasteiger partial charge in [0, 0.05) is 60.3 Å². The van der Waals surface area contributed by atoms with Gasteiger partial charge in [0.25, 0.3) is 5.56 Å². The third-order valence-electron chi connectivity index (χ3n) is 5.18. The topological polar surface area (TPSA) is 63.9 Å². The molecule has 1 aromatic carbocycles. The second-order valence-electron chi connectivity index (χ2n) is 7.10. The normalized spacial score (nSPS) is 14.2. The van der Waals surface area contributed by atoms with E-state index in [0.717, 1.165) is 35.2 Å². The predicted molar refractivity (Wildman–Crippen MR) is 109 cm³/mol. The number of para-hydroxylation sites is 1. The summed E-state index contributed by atoms with van der Waals surface area (Å²) in [7, 11) is 0. The van der Waals surface area contributed by atoms with Gasteiger partial charge in [0.15, 0.2) is 0 Å². The number of benzene rings is 1. The molecule has 138 valence electrons. The van der Waals surface area contributed by atoms with Crippen LogP contribution in [0.2, 0.25) is 0 Å². The number of nitrogens with zero attached hydrogens (tertiary/aromatic N) is 5. The van der Waals surface area contributed by atoms with Gasteiger partial charge in [-0.3, -0.25) is 14.8 Å². The molecule has 0 spiro atoms. The third-order valence-corrected chi connectivity index (χ3v) is 5.18. The number of anilines is 1. The first-order valence-electron chi connectivity index (χ1n) is 9.35. The molecule has 0 amide bonds. The van der Waals surface area contributed by atoms with E-state index in [0.29, 0.717) is 12.5 Å². The Balaban J connectivity index is 1.33. The number of hydrogen-bond acceptors (Lipinski definition) is 5. The van der Waals surface area contributed by atoms with E-state index in [-0.39, 0.29) is 5.56 Å². The summed E-state index contributed by atoms with van der Waals surface area (Å²) in [6.07, 6.45) is 5.34. The fourth-order valence-corrected chi connectivity index (χ4v) is 3.73. The molecule has 1 fully saturated rings. The van der Waals surface area contributed by atoms with Crippen LogP contribution in [0.1, 0.15) is 0 Å². The highest BCUT2D eigenvalue weighted by molar-refractivity contribution is 5.91. The van der Waals surface area contributed by atoms with Gasteiger partial charge in [-0.1, -0.05) is 18.2 Å². The maximum Gasteiger partial charge on any atom is 0.266 e. The van der Waals surface area contributed by atoms with E-state index in [2.05, 4.69) is 32.1 Å². The molecule has 1 aliphatic heterocycles. The Morgan fingerprint density at radius 3 is 2.71 bits per heavy atom. The minimum Gasteiger partial charge on any atom is -0.370 e. The molecule has 0 bridgehead atoms. The third kappa shape index (κ3) is 3.03. The Labute approximate surface area is 162 Å². The van der Waals surface area contributed by atoms with Crippen LogP contribution in [-0.2, 0) is 6.54 Å². The van der Waals surface area contributed by atoms with Crippen molar-refractivity contribution in [2.75, 3.05) is 18.0 Å². The van der Waals surface area contributed by atoms with Crippen molar-refractivity contribution in [1.82, 2.24) is 19.7 Å². The highest BCUT2D eigenvalue weighted by Crippen LogP contribution is 2.31. The summed E-state index contributed by atoms with van der Waals surface area (Å²) in [5.41, 5.74) is 3.82. The maximum atomic E-state index is 12.3. The van der Waals surface area contributed by atoms with Crippen LogP contribution in [0.4, 0.5) is 5.69 Å². The van der Waals surface area contributed by atoms with Gasteiger partial charge in [0.1, 0.15) is 0 Å². The Morgan fingerprint density at radius 2 is 1.86 bits per heavy atom. The second kappa shape index (κ2) is 6.88. The predicted octanol–water partition coefficient (Wildman–Crippen LogP) is 2.99. The molecular formula is C22H19N5O. The van der Waals surface area contributed by atoms with Gasteiger partial charge in [-0.15, -0.1) is 0 Å². The van der Waals surface area contributed by atoms with Gasteiger partial charge in [0.05, 0.1) is 17.8 Å². The minimum atomic E-state index is -0.0690. The highest BCUT2D eigenvalue weighted by atomic mass is 16.1. The summed E-state index contributed by atoms with van der Waals surface area (Å²) in [5.74, 6) is 0.390. The number of pyridine rings is 2. The van der Waals surface area contributed by atoms with Gasteiger partial charge >= 0.3 is 0 Å². The fourth-order valence-electron chi connectivity index (χ4n) is 3.73. The lowest BCUT2D eigenvalue weighted by Crippen LogP contribution is -2.49. The van der Waals surface area contributed by atoms with Crippen molar-refractivity contribution < 1.29 is 0 Å². The molecule has 1 saturated heterocycles. The smallest absolute Gasteiger partial charge is 0.266 e. The Morgan fingerprint density at radius 1 is 0.964 bits per heavy atom. The van der Waals surface area contributed by atoms with Crippen molar-refractivity contribution >= 4 is 16.6 Å². The summed E-state index contributed by atoms with van der Waals surface area (Å²) in [6.45, 7) is 2.42. The average molecular weight is 369 g/mol. The quantitative estimate of drug-likeness (QED) is 0.553. The van der Waals surface area contributed by atoms with Crippen LogP contribution in [0, 0.1) is 5.92 Å². The van der Waals surface area contributed by atoms with Gasteiger partial charge in [0.2, 0.25) is 0 Å². The van der Waals surface area contributed by atoms with Crippen molar-refractivity contribution in [3.63, 3.8) is 0 Å². The number of fused-ring (bicyclic) bond motifs is 1. The molecular weight excluding hydrogens is 350 g/mol. The summed E-state index contributed by atoms with van der Waals surface area (Å²) in [6, 6.07) is 17.4. The van der Waals surface area contributed by atoms with Crippen molar-refractivity contribution in [1.29, 1.82) is 0 Å². The first kappa shape index (κ1) is 16.6. The molecule has 0 saturated carbocycles. The lowest BCUT2D eigenvalue weighted by molar-refractivity contribution is 0.336. The van der Waals surface area contributed by atoms with Crippen LogP contribution in [0.5, 0.6) is 0 Å². The number of rotatable bonds is 4. The lowest BCUT2D eigenvalue weighted by atomic mass is 9.98. The molecule has 0 unspecified atom stereocenters. The van der Waals surface area contributed by atoms with Crippen molar-refractivity contribution in [3.05, 3.63) is 83.5 Å². The lowest BCUT2D eigenvalue weighted by Gasteiger charge is -2.41. The van der Waals surface area contributed by atoms with Gasteiger partial charge in [-0.2, -0.15) is 5.10 Å². The van der Waals surface area contributed by atoms with Crippen molar-refractivity contribution in [2.24, 2.45) is 5.92 Å². The molecule has 28 heavy (non-hydrogen) atoms. The molecule has 6 heteroatoms. The van der Waals surface area contributed by atoms with Crippen molar-refractivity contribution in [2.45, 2.75) is 6.54 Å². The van der Waals surface area contributed by atoms with Crippen LogP contribution in [0.15, 0.2) is 78.0 Å². The standard InChI is InChI=1S/C22H19N5O/c28-22-8-7-19(17-4-3-10-23-12-17)25-27(22)15-16-13-26(14-16)21-9-11-24-20-6-2-1-5-18(20)21/h1-12,16H,13-15H2. The van der Waals surface area contributed by atoms with E-state index < -0.39 is 0 Å². The van der Waals surface area contributed by atoms with Crippen LogP contribution in [0.25, 0.3) is 22.2 Å². The molecule has 6 nitrogen and oxygen atoms in total. The molecule has 0 atom stereocenters. The summed E-state index contributed by atoms with van der Waals surface area (Å²) in [4.78, 5) is 23.2. The number of aromatic nitrogens is 4. The van der Waals surface area contributed by atoms with Crippen molar-refractivity contribution in [3.8, 4) is 11.3 Å². The van der Waals surface area contributed by atoms with Crippen LogP contribution in [0.3, 0.4) is 0 Å². The van der Waals surface area contributed by atoms with E-state index in [9.17, 15) is 4.79 Å². The molecule has 0 N–H and O–H groups in total.